The summed E-state index contributed by atoms with van der Waals surface area (Å²) in [4.78, 5) is 0. The molecule has 1 fully saturated rings. The molecule has 1 aliphatic rings. The van der Waals surface area contributed by atoms with Gasteiger partial charge in [0.15, 0.2) is 0 Å². The van der Waals surface area contributed by atoms with Gasteiger partial charge in [-0.2, -0.15) is 0 Å². The van der Waals surface area contributed by atoms with E-state index in [0.717, 1.165) is 25.7 Å². The second-order valence-electron chi connectivity index (χ2n) is 5.17. The van der Waals surface area contributed by atoms with Crippen molar-refractivity contribution >= 4 is 10.0 Å². The van der Waals surface area contributed by atoms with Crippen molar-refractivity contribution in [3.8, 4) is 0 Å². The third-order valence-electron chi connectivity index (χ3n) is 3.11. The first-order chi connectivity index (χ1) is 7.41. The summed E-state index contributed by atoms with van der Waals surface area (Å²) in [6.07, 6.45) is 4.70. The normalized spacial score (nSPS) is 27.2. The van der Waals surface area contributed by atoms with Gasteiger partial charge in [0.25, 0.3) is 0 Å². The Balaban J connectivity index is 2.44. The monoisotopic (exact) mass is 248 g/mol. The molecule has 16 heavy (non-hydrogen) atoms. The summed E-state index contributed by atoms with van der Waals surface area (Å²) in [6, 6.07) is -0.0616. The lowest BCUT2D eigenvalue weighted by atomic mass is 9.92. The fourth-order valence-corrected chi connectivity index (χ4v) is 3.64. The second kappa shape index (κ2) is 5.98. The van der Waals surface area contributed by atoms with Gasteiger partial charge in [0.2, 0.25) is 10.0 Å². The van der Waals surface area contributed by atoms with E-state index in [2.05, 4.69) is 4.72 Å². The van der Waals surface area contributed by atoms with Crippen LogP contribution in [0.1, 0.15) is 46.0 Å². The third kappa shape index (κ3) is 4.80. The van der Waals surface area contributed by atoms with Gasteiger partial charge < -0.3 is 5.73 Å². The molecule has 5 heteroatoms. The maximum absolute atomic E-state index is 11.8. The van der Waals surface area contributed by atoms with Gasteiger partial charge in [0.1, 0.15) is 0 Å². The molecule has 1 saturated carbocycles. The van der Waals surface area contributed by atoms with Crippen molar-refractivity contribution < 1.29 is 8.42 Å². The zero-order valence-electron chi connectivity index (χ0n) is 10.3. The molecular weight excluding hydrogens is 224 g/mol. The van der Waals surface area contributed by atoms with Crippen molar-refractivity contribution in [3.63, 3.8) is 0 Å². The Labute approximate surface area is 99.0 Å². The third-order valence-corrected chi connectivity index (χ3v) is 4.55. The molecule has 0 aliphatic heterocycles. The van der Waals surface area contributed by atoms with E-state index in [1.165, 1.54) is 0 Å². The average Bonchev–Trinajstić information content (AvgIpc) is 2.19. The molecule has 0 radical (unpaired) electrons. The predicted molar refractivity (Wildman–Crippen MR) is 66.6 cm³/mol. The maximum atomic E-state index is 11.8. The summed E-state index contributed by atoms with van der Waals surface area (Å²) >= 11 is 0. The SMILES string of the molecule is CC(C)CCS(=O)(=O)NC1CCCCC1N. The Hall–Kier alpha value is -0.130. The molecule has 0 spiro atoms. The van der Waals surface area contributed by atoms with Crippen LogP contribution in [0.4, 0.5) is 0 Å². The van der Waals surface area contributed by atoms with Crippen LogP contribution in [-0.2, 0) is 10.0 Å². The summed E-state index contributed by atoms with van der Waals surface area (Å²) in [6.45, 7) is 4.06. The van der Waals surface area contributed by atoms with Crippen molar-refractivity contribution in [2.75, 3.05) is 5.75 Å². The highest BCUT2D eigenvalue weighted by Crippen LogP contribution is 2.17. The van der Waals surface area contributed by atoms with E-state index in [1.807, 2.05) is 13.8 Å². The van der Waals surface area contributed by atoms with Crippen LogP contribution in [0.2, 0.25) is 0 Å². The van der Waals surface area contributed by atoms with E-state index in [-0.39, 0.29) is 17.8 Å². The van der Waals surface area contributed by atoms with Crippen LogP contribution in [0.5, 0.6) is 0 Å². The first-order valence-electron chi connectivity index (χ1n) is 6.16. The summed E-state index contributed by atoms with van der Waals surface area (Å²) in [5.41, 5.74) is 5.92. The lowest BCUT2D eigenvalue weighted by Crippen LogP contribution is -2.49. The molecule has 0 amide bonds. The number of hydrogen-bond acceptors (Lipinski definition) is 3. The summed E-state index contributed by atoms with van der Waals surface area (Å²) < 4.78 is 26.3. The van der Waals surface area contributed by atoms with Crippen LogP contribution in [-0.4, -0.2) is 26.3 Å². The molecule has 0 saturated heterocycles. The van der Waals surface area contributed by atoms with E-state index in [1.54, 1.807) is 0 Å². The molecule has 0 aromatic heterocycles. The topological polar surface area (TPSA) is 72.2 Å². The lowest BCUT2D eigenvalue weighted by molar-refractivity contribution is 0.360. The van der Waals surface area contributed by atoms with E-state index in [4.69, 9.17) is 5.73 Å². The van der Waals surface area contributed by atoms with Crippen LogP contribution >= 0.6 is 0 Å². The van der Waals surface area contributed by atoms with Crippen LogP contribution in [0.3, 0.4) is 0 Å². The number of hydrogen-bond donors (Lipinski definition) is 2. The molecule has 2 atom stereocenters. The van der Waals surface area contributed by atoms with Gasteiger partial charge >= 0.3 is 0 Å². The van der Waals surface area contributed by atoms with Gasteiger partial charge in [0.05, 0.1) is 5.75 Å². The molecule has 4 nitrogen and oxygen atoms in total. The number of sulfonamides is 1. The molecule has 3 N–H and O–H groups in total. The quantitative estimate of drug-likeness (QED) is 0.768. The average molecular weight is 248 g/mol. The Morgan fingerprint density at radius 3 is 2.50 bits per heavy atom. The van der Waals surface area contributed by atoms with Crippen LogP contribution in [0.15, 0.2) is 0 Å². The Morgan fingerprint density at radius 1 is 1.31 bits per heavy atom. The van der Waals surface area contributed by atoms with Crippen molar-refractivity contribution in [3.05, 3.63) is 0 Å². The molecule has 2 unspecified atom stereocenters. The summed E-state index contributed by atoms with van der Waals surface area (Å²) in [7, 11) is -3.14. The zero-order valence-corrected chi connectivity index (χ0v) is 11.1. The highest BCUT2D eigenvalue weighted by Gasteiger charge is 2.25. The predicted octanol–water partition coefficient (Wildman–Crippen LogP) is 1.22. The molecule has 96 valence electrons. The molecular formula is C11H24N2O2S. The van der Waals surface area contributed by atoms with Gasteiger partial charge in [-0.15, -0.1) is 0 Å². The van der Waals surface area contributed by atoms with Crippen molar-refractivity contribution in [2.45, 2.75) is 58.0 Å². The van der Waals surface area contributed by atoms with Crippen LogP contribution in [0.25, 0.3) is 0 Å². The minimum absolute atomic E-state index is 0.0115. The number of rotatable bonds is 5. The zero-order chi connectivity index (χ0) is 12.2. The summed E-state index contributed by atoms with van der Waals surface area (Å²) in [5.74, 6) is 0.630. The highest BCUT2D eigenvalue weighted by atomic mass is 32.2. The van der Waals surface area contributed by atoms with Crippen molar-refractivity contribution in [1.82, 2.24) is 4.72 Å². The van der Waals surface area contributed by atoms with Crippen molar-refractivity contribution in [2.24, 2.45) is 11.7 Å². The van der Waals surface area contributed by atoms with Crippen LogP contribution < -0.4 is 10.5 Å². The first kappa shape index (κ1) is 13.9. The van der Waals surface area contributed by atoms with E-state index >= 15 is 0 Å². The van der Waals surface area contributed by atoms with Gasteiger partial charge in [0, 0.05) is 12.1 Å². The standard InChI is InChI=1S/C11H24N2O2S/c1-9(2)7-8-16(14,15)13-11-6-4-3-5-10(11)12/h9-11,13H,3-8,12H2,1-2H3. The lowest BCUT2D eigenvalue weighted by Gasteiger charge is -2.29. The molecule has 1 aliphatic carbocycles. The maximum Gasteiger partial charge on any atom is 0.211 e. The van der Waals surface area contributed by atoms with Gasteiger partial charge in [-0.25, -0.2) is 13.1 Å². The Kier molecular flexibility index (Phi) is 5.21. The smallest absolute Gasteiger partial charge is 0.211 e. The summed E-state index contributed by atoms with van der Waals surface area (Å²) in [5, 5.41) is 0. The first-order valence-corrected chi connectivity index (χ1v) is 7.81. The van der Waals surface area contributed by atoms with Gasteiger partial charge in [-0.1, -0.05) is 26.7 Å². The number of nitrogens with two attached hydrogens (primary N) is 1. The van der Waals surface area contributed by atoms with Crippen molar-refractivity contribution in [1.29, 1.82) is 0 Å². The van der Waals surface area contributed by atoms with Gasteiger partial charge in [-0.3, -0.25) is 0 Å². The largest absolute Gasteiger partial charge is 0.326 e. The minimum Gasteiger partial charge on any atom is -0.326 e. The molecule has 1 rings (SSSR count). The Bertz CT molecular complexity index is 301. The van der Waals surface area contributed by atoms with Gasteiger partial charge in [-0.05, 0) is 25.2 Å². The molecule has 0 heterocycles. The molecule has 0 aromatic carbocycles. The molecule has 0 bridgehead atoms. The van der Waals surface area contributed by atoms with E-state index in [0.29, 0.717) is 12.3 Å². The minimum atomic E-state index is -3.14. The second-order valence-corrected chi connectivity index (χ2v) is 7.05. The van der Waals surface area contributed by atoms with E-state index < -0.39 is 10.0 Å². The molecule has 0 aromatic rings. The Morgan fingerprint density at radius 2 is 1.94 bits per heavy atom. The van der Waals surface area contributed by atoms with E-state index in [9.17, 15) is 8.42 Å². The fraction of sp³-hybridized carbons (Fsp3) is 1.00. The van der Waals surface area contributed by atoms with Crippen LogP contribution in [0, 0.1) is 5.92 Å². The highest BCUT2D eigenvalue weighted by molar-refractivity contribution is 7.89. The number of nitrogens with one attached hydrogen (secondary N) is 1. The fourth-order valence-electron chi connectivity index (χ4n) is 1.99.